The van der Waals surface area contributed by atoms with Crippen molar-refractivity contribution in [1.29, 1.82) is 0 Å². The van der Waals surface area contributed by atoms with E-state index < -0.39 is 0 Å². The Bertz CT molecular complexity index is 435. The highest BCUT2D eigenvalue weighted by atomic mass is 127. The highest BCUT2D eigenvalue weighted by molar-refractivity contribution is 14.0. The van der Waals surface area contributed by atoms with Crippen LogP contribution in [0.25, 0.3) is 0 Å². The van der Waals surface area contributed by atoms with E-state index in [1.54, 1.807) is 26.1 Å². The normalized spacial score (nSPS) is 10.9. The van der Waals surface area contributed by atoms with Gasteiger partial charge in [-0.25, -0.2) is 4.39 Å². The molecule has 5 heteroatoms. The van der Waals surface area contributed by atoms with Crippen LogP contribution in [0.3, 0.4) is 0 Å². The van der Waals surface area contributed by atoms with Crippen molar-refractivity contribution in [3.8, 4) is 0 Å². The highest BCUT2D eigenvalue weighted by Gasteiger charge is 2.05. The number of guanidine groups is 1. The second-order valence-corrected chi connectivity index (χ2v) is 4.76. The standard InChI is InChI=1S/C15H24FN3.HI/c1-5-6-9-19(4)15(17-3)18-11-13-8-7-12(2)14(16)10-13;/h7-8,10H,5-6,9,11H2,1-4H3,(H,17,18);1H. The number of hydrogen-bond acceptors (Lipinski definition) is 1. The maximum Gasteiger partial charge on any atom is 0.193 e. The predicted octanol–water partition coefficient (Wildman–Crippen LogP) is 3.56. The molecule has 0 amide bonds. The minimum absolute atomic E-state index is 0. The summed E-state index contributed by atoms with van der Waals surface area (Å²) in [5.74, 6) is 0.683. The SMILES string of the molecule is CCCCN(C)C(=NC)NCc1ccc(C)c(F)c1.I. The molecule has 0 fully saturated rings. The number of unbranched alkanes of at least 4 members (excludes halogenated alkanes) is 1. The largest absolute Gasteiger partial charge is 0.352 e. The zero-order chi connectivity index (χ0) is 14.3. The van der Waals surface area contributed by atoms with Crippen LogP contribution in [0.5, 0.6) is 0 Å². The van der Waals surface area contributed by atoms with E-state index in [2.05, 4.69) is 22.1 Å². The Morgan fingerprint density at radius 1 is 1.40 bits per heavy atom. The molecule has 0 spiro atoms. The lowest BCUT2D eigenvalue weighted by molar-refractivity contribution is 0.464. The first-order valence-electron chi connectivity index (χ1n) is 6.75. The number of nitrogens with zero attached hydrogens (tertiary/aromatic N) is 2. The molecular weight excluding hydrogens is 368 g/mol. The van der Waals surface area contributed by atoms with Crippen LogP contribution in [0.4, 0.5) is 4.39 Å². The number of rotatable bonds is 5. The molecule has 1 N–H and O–H groups in total. The second kappa shape index (κ2) is 9.96. The molecule has 1 aromatic carbocycles. The van der Waals surface area contributed by atoms with Gasteiger partial charge in [0.25, 0.3) is 0 Å². The van der Waals surface area contributed by atoms with Crippen molar-refractivity contribution in [2.45, 2.75) is 33.2 Å². The molecule has 0 bridgehead atoms. The van der Waals surface area contributed by atoms with Gasteiger partial charge in [0, 0.05) is 27.2 Å². The molecule has 0 radical (unpaired) electrons. The van der Waals surface area contributed by atoms with E-state index in [-0.39, 0.29) is 29.8 Å². The molecule has 0 aromatic heterocycles. The van der Waals surface area contributed by atoms with E-state index in [0.29, 0.717) is 12.1 Å². The number of aryl methyl sites for hydroxylation is 1. The number of nitrogens with one attached hydrogen (secondary N) is 1. The zero-order valence-corrected chi connectivity index (χ0v) is 15.1. The van der Waals surface area contributed by atoms with Crippen LogP contribution in [0.15, 0.2) is 23.2 Å². The van der Waals surface area contributed by atoms with Crippen molar-refractivity contribution >= 4 is 29.9 Å². The molecule has 0 heterocycles. The third-order valence-electron chi connectivity index (χ3n) is 3.11. The van der Waals surface area contributed by atoms with E-state index in [0.717, 1.165) is 30.9 Å². The van der Waals surface area contributed by atoms with Crippen molar-refractivity contribution in [1.82, 2.24) is 10.2 Å². The van der Waals surface area contributed by atoms with Crippen LogP contribution >= 0.6 is 24.0 Å². The number of halogens is 2. The molecule has 3 nitrogen and oxygen atoms in total. The maximum atomic E-state index is 13.4. The summed E-state index contributed by atoms with van der Waals surface area (Å²) >= 11 is 0. The van der Waals surface area contributed by atoms with Gasteiger partial charge < -0.3 is 10.2 Å². The van der Waals surface area contributed by atoms with E-state index >= 15 is 0 Å². The molecule has 0 unspecified atom stereocenters. The van der Waals surface area contributed by atoms with Gasteiger partial charge in [-0.15, -0.1) is 24.0 Å². The van der Waals surface area contributed by atoms with E-state index in [1.807, 2.05) is 13.1 Å². The first-order valence-corrected chi connectivity index (χ1v) is 6.75. The molecule has 1 rings (SSSR count). The topological polar surface area (TPSA) is 27.6 Å². The number of hydrogen-bond donors (Lipinski definition) is 1. The lowest BCUT2D eigenvalue weighted by Crippen LogP contribution is -2.38. The average molecular weight is 393 g/mol. The van der Waals surface area contributed by atoms with Crippen molar-refractivity contribution < 1.29 is 4.39 Å². The van der Waals surface area contributed by atoms with Crippen LogP contribution in [-0.2, 0) is 6.54 Å². The summed E-state index contributed by atoms with van der Waals surface area (Å²) < 4.78 is 13.4. The quantitative estimate of drug-likeness (QED) is 0.471. The summed E-state index contributed by atoms with van der Waals surface area (Å²) in [7, 11) is 3.78. The molecule has 0 aliphatic heterocycles. The van der Waals surface area contributed by atoms with Crippen LogP contribution in [0.2, 0.25) is 0 Å². The first kappa shape index (κ1) is 19.1. The van der Waals surface area contributed by atoms with Gasteiger partial charge in [-0.3, -0.25) is 4.99 Å². The van der Waals surface area contributed by atoms with Gasteiger partial charge in [-0.1, -0.05) is 25.5 Å². The third kappa shape index (κ3) is 6.07. The second-order valence-electron chi connectivity index (χ2n) is 4.76. The molecule has 1 aromatic rings. The fraction of sp³-hybridized carbons (Fsp3) is 0.533. The van der Waals surface area contributed by atoms with Crippen molar-refractivity contribution in [2.24, 2.45) is 4.99 Å². The summed E-state index contributed by atoms with van der Waals surface area (Å²) in [6.07, 6.45) is 2.29. The summed E-state index contributed by atoms with van der Waals surface area (Å²) in [5, 5.41) is 3.25. The molecule has 0 atom stereocenters. The van der Waals surface area contributed by atoms with Gasteiger partial charge in [0.1, 0.15) is 5.82 Å². The molecule has 114 valence electrons. The number of aliphatic imine (C=N–C) groups is 1. The lowest BCUT2D eigenvalue weighted by Gasteiger charge is -2.21. The van der Waals surface area contributed by atoms with Gasteiger partial charge in [-0.05, 0) is 30.5 Å². The van der Waals surface area contributed by atoms with Gasteiger partial charge in [-0.2, -0.15) is 0 Å². The van der Waals surface area contributed by atoms with Gasteiger partial charge in [0.15, 0.2) is 5.96 Å². The Hall–Kier alpha value is -0.850. The van der Waals surface area contributed by atoms with Gasteiger partial charge >= 0.3 is 0 Å². The van der Waals surface area contributed by atoms with Crippen molar-refractivity contribution in [3.63, 3.8) is 0 Å². The monoisotopic (exact) mass is 393 g/mol. The Morgan fingerprint density at radius 3 is 2.65 bits per heavy atom. The van der Waals surface area contributed by atoms with E-state index in [1.165, 1.54) is 0 Å². The van der Waals surface area contributed by atoms with Crippen molar-refractivity contribution in [2.75, 3.05) is 20.6 Å². The summed E-state index contributed by atoms with van der Waals surface area (Å²) in [6.45, 7) is 5.49. The average Bonchev–Trinajstić information content (AvgIpc) is 2.41. The van der Waals surface area contributed by atoms with Crippen LogP contribution in [-0.4, -0.2) is 31.5 Å². The molecule has 20 heavy (non-hydrogen) atoms. The Balaban J connectivity index is 0.00000361. The van der Waals surface area contributed by atoms with Crippen LogP contribution in [0.1, 0.15) is 30.9 Å². The number of benzene rings is 1. The summed E-state index contributed by atoms with van der Waals surface area (Å²) in [4.78, 5) is 6.32. The molecule has 0 saturated carbocycles. The fourth-order valence-corrected chi connectivity index (χ4v) is 1.81. The van der Waals surface area contributed by atoms with Gasteiger partial charge in [0.05, 0.1) is 0 Å². The maximum absolute atomic E-state index is 13.4. The van der Waals surface area contributed by atoms with Crippen molar-refractivity contribution in [3.05, 3.63) is 35.1 Å². The first-order chi connectivity index (χ1) is 9.08. The van der Waals surface area contributed by atoms with E-state index in [9.17, 15) is 4.39 Å². The van der Waals surface area contributed by atoms with E-state index in [4.69, 9.17) is 0 Å². The van der Waals surface area contributed by atoms with Crippen LogP contribution < -0.4 is 5.32 Å². The molecule has 0 aliphatic rings. The smallest absolute Gasteiger partial charge is 0.193 e. The highest BCUT2D eigenvalue weighted by Crippen LogP contribution is 2.09. The fourth-order valence-electron chi connectivity index (χ4n) is 1.81. The summed E-state index contributed by atoms with van der Waals surface area (Å²) in [5.41, 5.74) is 1.60. The molecule has 0 saturated heterocycles. The molecular formula is C15H25FIN3. The van der Waals surface area contributed by atoms with Crippen LogP contribution in [0, 0.1) is 12.7 Å². The third-order valence-corrected chi connectivity index (χ3v) is 3.11. The van der Waals surface area contributed by atoms with Gasteiger partial charge in [0.2, 0.25) is 0 Å². The Labute approximate surface area is 138 Å². The predicted molar refractivity (Wildman–Crippen MR) is 94.3 cm³/mol. The molecule has 0 aliphatic carbocycles. The minimum Gasteiger partial charge on any atom is -0.352 e. The Kier molecular flexibility index (Phi) is 9.54. The zero-order valence-electron chi connectivity index (χ0n) is 12.7. The summed E-state index contributed by atoms with van der Waals surface area (Å²) in [6, 6.07) is 5.31. The lowest BCUT2D eigenvalue weighted by atomic mass is 10.1. The Morgan fingerprint density at radius 2 is 2.10 bits per heavy atom. The minimum atomic E-state index is -0.159.